The molecule has 5 aromatic rings. The number of nitrogens with zero attached hydrogens (tertiary/aromatic N) is 7. The maximum absolute atomic E-state index is 13.9. The molecule has 1 aromatic carbocycles. The molecule has 0 fully saturated rings. The molecule has 4 aromatic heterocycles. The SMILES string of the molecule is CCn1ncc(NC(=O)c2cnn3c(C(F)F)cc(-c4ccc(F)cc4)nc23)c1C(=O)Nc1cnn(C)c1C. The number of benzene rings is 1. The van der Waals surface area contributed by atoms with Crippen LogP contribution in [-0.4, -0.2) is 46.0 Å². The van der Waals surface area contributed by atoms with Crippen LogP contribution in [0.4, 0.5) is 24.5 Å². The quantitative estimate of drug-likeness (QED) is 0.320. The molecule has 14 heteroatoms. The molecule has 0 bridgehead atoms. The molecule has 5 rings (SSSR count). The summed E-state index contributed by atoms with van der Waals surface area (Å²) >= 11 is 0. The fourth-order valence-corrected chi connectivity index (χ4v) is 4.02. The largest absolute Gasteiger partial charge is 0.318 e. The number of amides is 2. The zero-order valence-electron chi connectivity index (χ0n) is 21.0. The Morgan fingerprint density at radius 2 is 1.67 bits per heavy atom. The predicted molar refractivity (Wildman–Crippen MR) is 135 cm³/mol. The molecule has 4 heterocycles. The minimum absolute atomic E-state index is 0.0822. The zero-order valence-corrected chi connectivity index (χ0v) is 21.0. The van der Waals surface area contributed by atoms with Gasteiger partial charge in [-0.1, -0.05) is 0 Å². The van der Waals surface area contributed by atoms with Crippen molar-refractivity contribution in [3.05, 3.63) is 77.4 Å². The second-order valence-electron chi connectivity index (χ2n) is 8.57. The number of nitrogens with one attached hydrogen (secondary N) is 2. The van der Waals surface area contributed by atoms with Gasteiger partial charge in [-0.3, -0.25) is 19.0 Å². The van der Waals surface area contributed by atoms with Gasteiger partial charge in [-0.05, 0) is 44.2 Å². The van der Waals surface area contributed by atoms with E-state index in [1.165, 1.54) is 41.3 Å². The van der Waals surface area contributed by atoms with Crippen molar-refractivity contribution in [2.24, 2.45) is 7.05 Å². The van der Waals surface area contributed by atoms with Crippen LogP contribution in [0.1, 0.15) is 45.6 Å². The third kappa shape index (κ3) is 4.71. The Morgan fingerprint density at radius 1 is 0.974 bits per heavy atom. The molecule has 2 amide bonds. The number of carbonyl (C=O) groups is 2. The van der Waals surface area contributed by atoms with E-state index >= 15 is 0 Å². The molecule has 0 saturated carbocycles. The van der Waals surface area contributed by atoms with Crippen LogP contribution in [0.25, 0.3) is 16.9 Å². The highest BCUT2D eigenvalue weighted by molar-refractivity contribution is 6.13. The monoisotopic (exact) mass is 537 g/mol. The number of aryl methyl sites for hydroxylation is 2. The van der Waals surface area contributed by atoms with Crippen LogP contribution in [0.15, 0.2) is 48.9 Å². The lowest BCUT2D eigenvalue weighted by Gasteiger charge is -2.10. The van der Waals surface area contributed by atoms with Gasteiger partial charge in [-0.25, -0.2) is 22.7 Å². The summed E-state index contributed by atoms with van der Waals surface area (Å²) in [6, 6.07) is 6.28. The smallest absolute Gasteiger partial charge is 0.280 e. The number of anilines is 2. The highest BCUT2D eigenvalue weighted by Crippen LogP contribution is 2.28. The molecule has 2 N–H and O–H groups in total. The van der Waals surface area contributed by atoms with Crippen molar-refractivity contribution in [3.8, 4) is 11.3 Å². The molecule has 0 aliphatic carbocycles. The molecular weight excluding hydrogens is 515 g/mol. The highest BCUT2D eigenvalue weighted by atomic mass is 19.3. The molecule has 0 unspecified atom stereocenters. The maximum atomic E-state index is 13.9. The zero-order chi connectivity index (χ0) is 27.8. The van der Waals surface area contributed by atoms with Gasteiger partial charge in [0.25, 0.3) is 18.2 Å². The Morgan fingerprint density at radius 3 is 2.31 bits per heavy atom. The van der Waals surface area contributed by atoms with E-state index in [0.717, 1.165) is 22.5 Å². The number of fused-ring (bicyclic) bond motifs is 1. The standard InChI is InChI=1S/C25H22F3N9O2/c1-4-36-21(25(39)33-18-11-29-35(3)13(18)2)19(12-30-36)34-24(38)16-10-31-37-20(22(27)28)9-17(32-23(16)37)14-5-7-15(26)8-6-14/h5-12,22H,4H2,1-3H3,(H,33,39)(H,34,38). The molecule has 39 heavy (non-hydrogen) atoms. The number of halogens is 3. The van der Waals surface area contributed by atoms with Gasteiger partial charge in [0, 0.05) is 19.2 Å². The number of alkyl halides is 2. The van der Waals surface area contributed by atoms with Gasteiger partial charge in [0.15, 0.2) is 5.65 Å². The van der Waals surface area contributed by atoms with E-state index < -0.39 is 29.8 Å². The number of carbonyl (C=O) groups excluding carboxylic acids is 2. The second-order valence-corrected chi connectivity index (χ2v) is 8.57. The summed E-state index contributed by atoms with van der Waals surface area (Å²) in [4.78, 5) is 30.9. The van der Waals surface area contributed by atoms with Crippen LogP contribution in [0, 0.1) is 12.7 Å². The molecule has 11 nitrogen and oxygen atoms in total. The van der Waals surface area contributed by atoms with Crippen molar-refractivity contribution >= 4 is 28.8 Å². The van der Waals surface area contributed by atoms with Crippen molar-refractivity contribution in [3.63, 3.8) is 0 Å². The number of aromatic nitrogens is 7. The van der Waals surface area contributed by atoms with Gasteiger partial charge < -0.3 is 10.6 Å². The van der Waals surface area contributed by atoms with E-state index in [1.54, 1.807) is 25.6 Å². The van der Waals surface area contributed by atoms with Gasteiger partial charge in [0.2, 0.25) is 0 Å². The molecular formula is C25H22F3N9O2. The molecule has 0 radical (unpaired) electrons. The first kappa shape index (κ1) is 25.6. The summed E-state index contributed by atoms with van der Waals surface area (Å²) in [6.07, 6.45) is 1.00. The van der Waals surface area contributed by atoms with Gasteiger partial charge in [-0.15, -0.1) is 0 Å². The topological polar surface area (TPSA) is 124 Å². The summed E-state index contributed by atoms with van der Waals surface area (Å²) in [7, 11) is 1.73. The van der Waals surface area contributed by atoms with E-state index in [0.29, 0.717) is 17.8 Å². The summed E-state index contributed by atoms with van der Waals surface area (Å²) < 4.78 is 45.1. The summed E-state index contributed by atoms with van der Waals surface area (Å²) in [6.45, 7) is 3.90. The van der Waals surface area contributed by atoms with Crippen molar-refractivity contribution < 1.29 is 22.8 Å². The van der Waals surface area contributed by atoms with Crippen molar-refractivity contribution in [2.45, 2.75) is 26.8 Å². The second kappa shape index (κ2) is 10.0. The van der Waals surface area contributed by atoms with Crippen LogP contribution < -0.4 is 10.6 Å². The fourth-order valence-electron chi connectivity index (χ4n) is 4.02. The lowest BCUT2D eigenvalue weighted by molar-refractivity contribution is 0.101. The molecule has 0 atom stereocenters. The molecule has 200 valence electrons. The average Bonchev–Trinajstić information content (AvgIpc) is 3.61. The van der Waals surface area contributed by atoms with E-state index in [-0.39, 0.29) is 28.3 Å². The molecule has 0 spiro atoms. The predicted octanol–water partition coefficient (Wildman–Crippen LogP) is 4.24. The highest BCUT2D eigenvalue weighted by Gasteiger charge is 2.25. The minimum atomic E-state index is -2.93. The van der Waals surface area contributed by atoms with Gasteiger partial charge in [0.05, 0.1) is 41.4 Å². The third-order valence-corrected chi connectivity index (χ3v) is 6.19. The molecule has 0 saturated heterocycles. The lowest BCUT2D eigenvalue weighted by atomic mass is 10.1. The van der Waals surface area contributed by atoms with E-state index in [4.69, 9.17) is 0 Å². The van der Waals surface area contributed by atoms with Crippen molar-refractivity contribution in [1.82, 2.24) is 34.2 Å². The van der Waals surface area contributed by atoms with Gasteiger partial charge in [0.1, 0.15) is 22.8 Å². The van der Waals surface area contributed by atoms with Gasteiger partial charge in [-0.2, -0.15) is 15.3 Å². The Balaban J connectivity index is 1.51. The van der Waals surface area contributed by atoms with Crippen molar-refractivity contribution in [2.75, 3.05) is 10.6 Å². The Bertz CT molecular complexity index is 1700. The minimum Gasteiger partial charge on any atom is -0.318 e. The number of hydrogen-bond acceptors (Lipinski definition) is 6. The van der Waals surface area contributed by atoms with Gasteiger partial charge >= 0.3 is 0 Å². The first-order valence-electron chi connectivity index (χ1n) is 11.8. The summed E-state index contributed by atoms with van der Waals surface area (Å²) in [5.41, 5.74) is 1.14. The first-order valence-corrected chi connectivity index (χ1v) is 11.8. The Labute approximate surface area is 219 Å². The molecule has 0 aliphatic rings. The third-order valence-electron chi connectivity index (χ3n) is 6.19. The first-order chi connectivity index (χ1) is 18.7. The molecule has 0 aliphatic heterocycles. The summed E-state index contributed by atoms with van der Waals surface area (Å²) in [5.74, 6) is -1.77. The fraction of sp³-hybridized carbons (Fsp3) is 0.200. The van der Waals surface area contributed by atoms with Crippen LogP contribution >= 0.6 is 0 Å². The van der Waals surface area contributed by atoms with E-state index in [9.17, 15) is 22.8 Å². The normalized spacial score (nSPS) is 11.4. The van der Waals surface area contributed by atoms with E-state index in [2.05, 4.69) is 30.9 Å². The lowest BCUT2D eigenvalue weighted by Crippen LogP contribution is -2.21. The maximum Gasteiger partial charge on any atom is 0.280 e. The van der Waals surface area contributed by atoms with Crippen LogP contribution in [0.2, 0.25) is 0 Å². The van der Waals surface area contributed by atoms with Crippen LogP contribution in [0.3, 0.4) is 0 Å². The Kier molecular flexibility index (Phi) is 6.60. The number of hydrogen-bond donors (Lipinski definition) is 2. The summed E-state index contributed by atoms with van der Waals surface area (Å²) in [5, 5.41) is 17.6. The van der Waals surface area contributed by atoms with Crippen LogP contribution in [-0.2, 0) is 13.6 Å². The Hall–Kier alpha value is -5.01. The van der Waals surface area contributed by atoms with Crippen LogP contribution in [0.5, 0.6) is 0 Å². The number of rotatable bonds is 7. The van der Waals surface area contributed by atoms with E-state index in [1.807, 2.05) is 0 Å². The average molecular weight is 538 g/mol. The van der Waals surface area contributed by atoms with Crippen molar-refractivity contribution in [1.29, 1.82) is 0 Å².